The molecule has 1 fully saturated rings. The largest absolute Gasteiger partial charge is 0.334 e. The van der Waals surface area contributed by atoms with E-state index in [9.17, 15) is 9.18 Å². The van der Waals surface area contributed by atoms with Crippen LogP contribution in [0, 0.1) is 6.92 Å². The molecule has 1 aliphatic heterocycles. The van der Waals surface area contributed by atoms with E-state index in [-0.39, 0.29) is 18.5 Å². The molecule has 1 amide bonds. The Morgan fingerprint density at radius 3 is 3.12 bits per heavy atom. The van der Waals surface area contributed by atoms with E-state index >= 15 is 0 Å². The van der Waals surface area contributed by atoms with Gasteiger partial charge in [0.05, 0.1) is 12.6 Å². The van der Waals surface area contributed by atoms with Crippen molar-refractivity contribution in [3.63, 3.8) is 0 Å². The zero-order valence-corrected chi connectivity index (χ0v) is 14.6. The van der Waals surface area contributed by atoms with Gasteiger partial charge in [-0.2, -0.15) is 5.10 Å². The highest BCUT2D eigenvalue weighted by Gasteiger charge is 2.28. The highest BCUT2D eigenvalue weighted by molar-refractivity contribution is 5.94. The number of aryl methyl sites for hydroxylation is 1. The van der Waals surface area contributed by atoms with Crippen molar-refractivity contribution in [2.45, 2.75) is 32.1 Å². The lowest BCUT2D eigenvalue weighted by molar-refractivity contribution is 0.0781. The van der Waals surface area contributed by atoms with E-state index in [0.29, 0.717) is 30.2 Å². The third-order valence-corrected chi connectivity index (χ3v) is 4.62. The van der Waals surface area contributed by atoms with Gasteiger partial charge in [-0.05, 0) is 19.1 Å². The molecular formula is C17H20FN7O. The van der Waals surface area contributed by atoms with E-state index < -0.39 is 6.17 Å². The van der Waals surface area contributed by atoms with E-state index in [1.807, 2.05) is 17.5 Å². The third kappa shape index (κ3) is 3.05. The highest BCUT2D eigenvalue weighted by Crippen LogP contribution is 2.22. The SMILES string of the molecule is Cc1cnc2cc(C(=O)N(C)Cc3nc([C@H]4C[C@H](F)CN4)n[nH]3)ccn12. The van der Waals surface area contributed by atoms with Gasteiger partial charge in [-0.1, -0.05) is 0 Å². The van der Waals surface area contributed by atoms with Gasteiger partial charge in [0.1, 0.15) is 17.6 Å². The van der Waals surface area contributed by atoms with Gasteiger partial charge in [-0.25, -0.2) is 14.4 Å². The van der Waals surface area contributed by atoms with E-state index in [2.05, 4.69) is 25.5 Å². The summed E-state index contributed by atoms with van der Waals surface area (Å²) in [6, 6.07) is 3.36. The first kappa shape index (κ1) is 16.6. The second kappa shape index (κ2) is 6.49. The molecular weight excluding hydrogens is 337 g/mol. The summed E-state index contributed by atoms with van der Waals surface area (Å²) < 4.78 is 15.2. The normalized spacial score (nSPS) is 20.0. The summed E-state index contributed by atoms with van der Waals surface area (Å²) in [6.45, 7) is 2.57. The van der Waals surface area contributed by atoms with E-state index in [1.165, 1.54) is 0 Å². The van der Waals surface area contributed by atoms with Crippen molar-refractivity contribution in [2.75, 3.05) is 13.6 Å². The van der Waals surface area contributed by atoms with Crippen LogP contribution in [0.15, 0.2) is 24.5 Å². The minimum atomic E-state index is -0.868. The molecule has 4 rings (SSSR count). The number of imidazole rings is 1. The van der Waals surface area contributed by atoms with Crippen LogP contribution in [0.1, 0.15) is 40.2 Å². The zero-order chi connectivity index (χ0) is 18.3. The summed E-state index contributed by atoms with van der Waals surface area (Å²) in [5.74, 6) is 0.974. The average molecular weight is 357 g/mol. The van der Waals surface area contributed by atoms with Crippen molar-refractivity contribution in [1.82, 2.24) is 34.8 Å². The van der Waals surface area contributed by atoms with E-state index in [4.69, 9.17) is 0 Å². The quantitative estimate of drug-likeness (QED) is 0.737. The molecule has 0 unspecified atom stereocenters. The number of aromatic amines is 1. The number of aromatic nitrogens is 5. The Morgan fingerprint density at radius 2 is 2.35 bits per heavy atom. The molecule has 2 atom stereocenters. The van der Waals surface area contributed by atoms with Crippen molar-refractivity contribution >= 4 is 11.6 Å². The lowest BCUT2D eigenvalue weighted by Gasteiger charge is -2.15. The highest BCUT2D eigenvalue weighted by atomic mass is 19.1. The van der Waals surface area contributed by atoms with Crippen molar-refractivity contribution in [2.24, 2.45) is 0 Å². The zero-order valence-electron chi connectivity index (χ0n) is 14.6. The Hall–Kier alpha value is -2.81. The lowest BCUT2D eigenvalue weighted by Crippen LogP contribution is -2.27. The summed E-state index contributed by atoms with van der Waals surface area (Å²) in [7, 11) is 1.71. The van der Waals surface area contributed by atoms with Gasteiger partial charge in [-0.15, -0.1) is 0 Å². The van der Waals surface area contributed by atoms with Crippen molar-refractivity contribution in [1.29, 1.82) is 0 Å². The topological polar surface area (TPSA) is 91.2 Å². The smallest absolute Gasteiger partial charge is 0.254 e. The van der Waals surface area contributed by atoms with Gasteiger partial charge in [-0.3, -0.25) is 9.89 Å². The molecule has 1 saturated heterocycles. The number of H-pyrrole nitrogens is 1. The maximum absolute atomic E-state index is 13.3. The Kier molecular flexibility index (Phi) is 4.15. The monoisotopic (exact) mass is 357 g/mol. The Morgan fingerprint density at radius 1 is 1.50 bits per heavy atom. The summed E-state index contributed by atoms with van der Waals surface area (Å²) >= 11 is 0. The van der Waals surface area contributed by atoms with E-state index in [1.54, 1.807) is 30.3 Å². The molecule has 8 nitrogen and oxygen atoms in total. The number of amides is 1. The van der Waals surface area contributed by atoms with Gasteiger partial charge in [0.25, 0.3) is 5.91 Å². The minimum absolute atomic E-state index is 0.131. The van der Waals surface area contributed by atoms with E-state index in [0.717, 1.165) is 11.3 Å². The minimum Gasteiger partial charge on any atom is -0.334 e. The number of nitrogens with zero attached hydrogens (tertiary/aromatic N) is 5. The molecule has 0 spiro atoms. The first-order chi connectivity index (χ1) is 12.5. The maximum Gasteiger partial charge on any atom is 0.254 e. The number of hydrogen-bond acceptors (Lipinski definition) is 5. The summed E-state index contributed by atoms with van der Waals surface area (Å²) in [6.07, 6.45) is 3.11. The number of halogens is 1. The third-order valence-electron chi connectivity index (χ3n) is 4.62. The predicted octanol–water partition coefficient (Wildman–Crippen LogP) is 1.41. The molecule has 0 bridgehead atoms. The number of carbonyl (C=O) groups is 1. The molecule has 2 N–H and O–H groups in total. The van der Waals surface area contributed by atoms with Crippen LogP contribution in [0.4, 0.5) is 4.39 Å². The second-order valence-corrected chi connectivity index (χ2v) is 6.64. The number of fused-ring (bicyclic) bond motifs is 1. The fraction of sp³-hybridized carbons (Fsp3) is 0.412. The molecule has 4 heterocycles. The lowest BCUT2D eigenvalue weighted by atomic mass is 10.2. The fourth-order valence-electron chi connectivity index (χ4n) is 3.18. The molecule has 0 aliphatic carbocycles. The second-order valence-electron chi connectivity index (χ2n) is 6.64. The van der Waals surface area contributed by atoms with Gasteiger partial charge in [0.2, 0.25) is 0 Å². The van der Waals surface area contributed by atoms with Crippen LogP contribution in [0.5, 0.6) is 0 Å². The van der Waals surface area contributed by atoms with Crippen molar-refractivity contribution in [3.8, 4) is 0 Å². The predicted molar refractivity (Wildman–Crippen MR) is 92.4 cm³/mol. The van der Waals surface area contributed by atoms with Crippen LogP contribution in [0.3, 0.4) is 0 Å². The molecule has 3 aromatic rings. The number of pyridine rings is 1. The van der Waals surface area contributed by atoms with Crippen LogP contribution in [-0.2, 0) is 6.54 Å². The number of carbonyl (C=O) groups excluding carboxylic acids is 1. The number of alkyl halides is 1. The number of hydrogen-bond donors (Lipinski definition) is 2. The van der Waals surface area contributed by atoms with Gasteiger partial charge in [0.15, 0.2) is 5.82 Å². The van der Waals surface area contributed by atoms with Gasteiger partial charge < -0.3 is 14.6 Å². The van der Waals surface area contributed by atoms with Crippen LogP contribution in [0.2, 0.25) is 0 Å². The van der Waals surface area contributed by atoms with Crippen LogP contribution in [0.25, 0.3) is 5.65 Å². The fourth-order valence-corrected chi connectivity index (χ4v) is 3.18. The van der Waals surface area contributed by atoms with Crippen LogP contribution in [-0.4, -0.2) is 55.1 Å². The van der Waals surface area contributed by atoms with Gasteiger partial charge in [0, 0.05) is 43.7 Å². The Bertz CT molecular complexity index is 950. The molecule has 0 radical (unpaired) electrons. The Balaban J connectivity index is 1.46. The number of nitrogens with one attached hydrogen (secondary N) is 2. The first-order valence-electron chi connectivity index (χ1n) is 8.49. The van der Waals surface area contributed by atoms with Gasteiger partial charge >= 0.3 is 0 Å². The summed E-state index contributed by atoms with van der Waals surface area (Å²) in [4.78, 5) is 22.9. The first-order valence-corrected chi connectivity index (χ1v) is 8.49. The Labute approximate surface area is 149 Å². The molecule has 136 valence electrons. The van der Waals surface area contributed by atoms with Crippen molar-refractivity contribution in [3.05, 3.63) is 47.4 Å². The summed E-state index contributed by atoms with van der Waals surface area (Å²) in [5.41, 5.74) is 2.30. The molecule has 0 aromatic carbocycles. The molecule has 1 aliphatic rings. The molecule has 0 saturated carbocycles. The standard InChI is InChI=1S/C17H20FN7O/c1-10-7-20-15-5-11(3-4-25(10)15)17(26)24(2)9-14-21-16(23-22-14)13-6-12(18)8-19-13/h3-5,7,12-13,19H,6,8-9H2,1-2H3,(H,21,22,23)/t12-,13+/m0/s1. The maximum atomic E-state index is 13.3. The molecule has 3 aromatic heterocycles. The summed E-state index contributed by atoms with van der Waals surface area (Å²) in [5, 5.41) is 10.0. The molecule has 9 heteroatoms. The molecule has 26 heavy (non-hydrogen) atoms. The van der Waals surface area contributed by atoms with Crippen molar-refractivity contribution < 1.29 is 9.18 Å². The number of rotatable bonds is 4. The average Bonchev–Trinajstić information content (AvgIpc) is 3.35. The van der Waals surface area contributed by atoms with Crippen LogP contribution >= 0.6 is 0 Å². The van der Waals surface area contributed by atoms with Crippen LogP contribution < -0.4 is 5.32 Å².